The Balaban J connectivity index is 1.81. The minimum absolute atomic E-state index is 0.0440. The second-order valence-electron chi connectivity index (χ2n) is 4.31. The van der Waals surface area contributed by atoms with Gasteiger partial charge in [0.05, 0.1) is 6.61 Å². The lowest BCUT2D eigenvalue weighted by atomic mass is 10.2. The van der Waals surface area contributed by atoms with Crippen molar-refractivity contribution in [3.05, 3.63) is 46.3 Å². The number of nitrogens with one attached hydrogen (secondary N) is 1. The molecule has 2 aromatic heterocycles. The van der Waals surface area contributed by atoms with E-state index in [1.165, 1.54) is 5.56 Å². The molecule has 0 aliphatic carbocycles. The van der Waals surface area contributed by atoms with Gasteiger partial charge in [0.2, 0.25) is 11.8 Å². The van der Waals surface area contributed by atoms with Crippen LogP contribution in [-0.4, -0.2) is 17.5 Å². The van der Waals surface area contributed by atoms with Crippen molar-refractivity contribution >= 4 is 17.2 Å². The Morgan fingerprint density at radius 2 is 2.35 bits per heavy atom. The third kappa shape index (κ3) is 4.35. The number of pyridine rings is 1. The number of ether oxygens (including phenoxy) is 1. The summed E-state index contributed by atoms with van der Waals surface area (Å²) in [4.78, 5) is 16.0. The van der Waals surface area contributed by atoms with Crippen LogP contribution in [0, 0.1) is 0 Å². The number of aryl methyl sites for hydroxylation is 1. The molecule has 2 rings (SSSR count). The van der Waals surface area contributed by atoms with E-state index in [1.807, 2.05) is 30.5 Å². The first-order chi connectivity index (χ1) is 9.79. The maximum atomic E-state index is 11.8. The predicted octanol–water partition coefficient (Wildman–Crippen LogP) is 2.79. The zero-order valence-corrected chi connectivity index (χ0v) is 12.3. The lowest BCUT2D eigenvalue weighted by Gasteiger charge is -2.09. The average Bonchev–Trinajstić information content (AvgIpc) is 2.98. The lowest BCUT2D eigenvalue weighted by molar-refractivity contribution is -0.121. The first-order valence-electron chi connectivity index (χ1n) is 6.64. The van der Waals surface area contributed by atoms with E-state index in [2.05, 4.69) is 15.7 Å². The van der Waals surface area contributed by atoms with Crippen LogP contribution in [-0.2, 0) is 17.8 Å². The van der Waals surface area contributed by atoms with Crippen molar-refractivity contribution < 1.29 is 9.53 Å². The molecule has 106 valence electrons. The molecule has 1 N–H and O–H groups in total. The Labute approximate surface area is 122 Å². The number of aromatic nitrogens is 1. The minimum Gasteiger partial charge on any atom is -0.478 e. The molecule has 1 amide bonds. The van der Waals surface area contributed by atoms with Crippen molar-refractivity contribution in [1.29, 1.82) is 0 Å². The molecule has 2 heterocycles. The first kappa shape index (κ1) is 14.5. The molecule has 0 radical (unpaired) electrons. The minimum atomic E-state index is 0.0440. The molecular formula is C15H18N2O2S. The second-order valence-corrected chi connectivity index (χ2v) is 5.09. The van der Waals surface area contributed by atoms with Crippen LogP contribution in [0.1, 0.15) is 24.5 Å². The summed E-state index contributed by atoms with van der Waals surface area (Å²) in [6, 6.07) is 5.80. The van der Waals surface area contributed by atoms with E-state index in [0.717, 1.165) is 12.0 Å². The number of carbonyl (C=O) groups is 1. The van der Waals surface area contributed by atoms with Crippen LogP contribution in [0.4, 0.5) is 0 Å². The van der Waals surface area contributed by atoms with Crippen molar-refractivity contribution in [3.8, 4) is 5.88 Å². The number of nitrogens with zero attached hydrogens (tertiary/aromatic N) is 1. The Morgan fingerprint density at radius 3 is 3.10 bits per heavy atom. The topological polar surface area (TPSA) is 51.2 Å². The number of carbonyl (C=O) groups excluding carboxylic acids is 1. The summed E-state index contributed by atoms with van der Waals surface area (Å²) < 4.78 is 5.43. The molecule has 0 atom stereocenters. The van der Waals surface area contributed by atoms with Gasteiger partial charge in [0.1, 0.15) is 0 Å². The maximum Gasteiger partial charge on any atom is 0.220 e. The van der Waals surface area contributed by atoms with Crippen LogP contribution in [0.25, 0.3) is 0 Å². The Bertz CT molecular complexity index is 541. The van der Waals surface area contributed by atoms with Crippen molar-refractivity contribution in [1.82, 2.24) is 10.3 Å². The van der Waals surface area contributed by atoms with E-state index < -0.39 is 0 Å². The highest BCUT2D eigenvalue weighted by atomic mass is 32.1. The summed E-state index contributed by atoms with van der Waals surface area (Å²) in [7, 11) is 0. The highest BCUT2D eigenvalue weighted by Crippen LogP contribution is 2.14. The monoisotopic (exact) mass is 290 g/mol. The molecule has 0 saturated carbocycles. The summed E-state index contributed by atoms with van der Waals surface area (Å²) in [6.45, 7) is 2.93. The average molecular weight is 290 g/mol. The van der Waals surface area contributed by atoms with Gasteiger partial charge in [-0.1, -0.05) is 6.07 Å². The summed E-state index contributed by atoms with van der Waals surface area (Å²) in [6.07, 6.45) is 2.97. The third-order valence-corrected chi connectivity index (χ3v) is 3.56. The molecule has 0 aromatic carbocycles. The number of thiophene rings is 1. The fourth-order valence-electron chi connectivity index (χ4n) is 1.80. The largest absolute Gasteiger partial charge is 0.478 e. The van der Waals surface area contributed by atoms with Crippen LogP contribution < -0.4 is 10.1 Å². The van der Waals surface area contributed by atoms with Gasteiger partial charge in [-0.25, -0.2) is 4.98 Å². The highest BCUT2D eigenvalue weighted by Gasteiger charge is 2.07. The molecule has 0 fully saturated rings. The third-order valence-electron chi connectivity index (χ3n) is 2.83. The van der Waals surface area contributed by atoms with Crippen LogP contribution in [0.15, 0.2) is 35.2 Å². The van der Waals surface area contributed by atoms with E-state index in [-0.39, 0.29) is 5.91 Å². The van der Waals surface area contributed by atoms with Crippen LogP contribution in [0.2, 0.25) is 0 Å². The van der Waals surface area contributed by atoms with Gasteiger partial charge in [-0.15, -0.1) is 0 Å². The van der Waals surface area contributed by atoms with Crippen molar-refractivity contribution in [2.75, 3.05) is 6.61 Å². The summed E-state index contributed by atoms with van der Waals surface area (Å²) in [5.74, 6) is 0.635. The predicted molar refractivity (Wildman–Crippen MR) is 79.9 cm³/mol. The van der Waals surface area contributed by atoms with E-state index in [4.69, 9.17) is 4.74 Å². The summed E-state index contributed by atoms with van der Waals surface area (Å²) in [5, 5.41) is 7.00. The molecule has 0 aliphatic rings. The summed E-state index contributed by atoms with van der Waals surface area (Å²) in [5.41, 5.74) is 2.11. The maximum absolute atomic E-state index is 11.8. The van der Waals surface area contributed by atoms with E-state index >= 15 is 0 Å². The fraction of sp³-hybridized carbons (Fsp3) is 0.333. The Hall–Kier alpha value is -1.88. The van der Waals surface area contributed by atoms with Crippen molar-refractivity contribution in [2.45, 2.75) is 26.3 Å². The van der Waals surface area contributed by atoms with E-state index in [9.17, 15) is 4.79 Å². The molecule has 0 unspecified atom stereocenters. The fourth-order valence-corrected chi connectivity index (χ4v) is 2.50. The molecule has 0 spiro atoms. The van der Waals surface area contributed by atoms with Crippen molar-refractivity contribution in [3.63, 3.8) is 0 Å². The number of hydrogen-bond donors (Lipinski definition) is 1. The molecule has 0 aliphatic heterocycles. The zero-order chi connectivity index (χ0) is 14.2. The van der Waals surface area contributed by atoms with Gasteiger partial charge in [-0.05, 0) is 41.8 Å². The van der Waals surface area contributed by atoms with E-state index in [0.29, 0.717) is 25.5 Å². The molecule has 4 nitrogen and oxygen atoms in total. The van der Waals surface area contributed by atoms with Gasteiger partial charge in [-0.2, -0.15) is 11.3 Å². The molecule has 0 bridgehead atoms. The number of rotatable bonds is 7. The first-order valence-corrected chi connectivity index (χ1v) is 7.58. The quantitative estimate of drug-likeness (QED) is 0.853. The van der Waals surface area contributed by atoms with Gasteiger partial charge < -0.3 is 10.1 Å². The van der Waals surface area contributed by atoms with Gasteiger partial charge in [-0.3, -0.25) is 4.79 Å². The van der Waals surface area contributed by atoms with E-state index in [1.54, 1.807) is 17.5 Å². The number of hydrogen-bond acceptors (Lipinski definition) is 4. The molecule has 5 heteroatoms. The van der Waals surface area contributed by atoms with Crippen LogP contribution in [0.3, 0.4) is 0 Å². The number of amides is 1. The van der Waals surface area contributed by atoms with Crippen LogP contribution >= 0.6 is 11.3 Å². The molecule has 2 aromatic rings. The van der Waals surface area contributed by atoms with Gasteiger partial charge in [0, 0.05) is 24.7 Å². The Morgan fingerprint density at radius 1 is 1.45 bits per heavy atom. The standard InChI is InChI=1S/C15H18N2O2S/c1-2-19-15-13(4-3-8-16-15)10-17-14(18)6-5-12-7-9-20-11-12/h3-4,7-9,11H,2,5-6,10H2,1H3,(H,17,18). The van der Waals surface area contributed by atoms with Gasteiger partial charge >= 0.3 is 0 Å². The van der Waals surface area contributed by atoms with Crippen LogP contribution in [0.5, 0.6) is 5.88 Å². The molecular weight excluding hydrogens is 272 g/mol. The lowest BCUT2D eigenvalue weighted by Crippen LogP contribution is -2.23. The smallest absolute Gasteiger partial charge is 0.220 e. The normalized spacial score (nSPS) is 10.2. The van der Waals surface area contributed by atoms with Gasteiger partial charge in [0.15, 0.2) is 0 Å². The summed E-state index contributed by atoms with van der Waals surface area (Å²) >= 11 is 1.65. The molecule has 20 heavy (non-hydrogen) atoms. The van der Waals surface area contributed by atoms with Crippen molar-refractivity contribution in [2.24, 2.45) is 0 Å². The second kappa shape index (κ2) is 7.65. The zero-order valence-electron chi connectivity index (χ0n) is 11.5. The Kier molecular flexibility index (Phi) is 5.55. The van der Waals surface area contributed by atoms with Gasteiger partial charge in [0.25, 0.3) is 0 Å². The molecule has 0 saturated heterocycles. The SMILES string of the molecule is CCOc1ncccc1CNC(=O)CCc1ccsc1. The highest BCUT2D eigenvalue weighted by molar-refractivity contribution is 7.07.